The van der Waals surface area contributed by atoms with Gasteiger partial charge in [-0.15, -0.1) is 0 Å². The van der Waals surface area contributed by atoms with Crippen LogP contribution in [-0.4, -0.2) is 16.3 Å². The largest absolute Gasteiger partial charge is 0.364 e. The average molecular weight is 220 g/mol. The van der Waals surface area contributed by atoms with Crippen molar-refractivity contribution in [3.05, 3.63) is 22.8 Å². The van der Waals surface area contributed by atoms with Crippen LogP contribution in [-0.2, 0) is 6.54 Å². The van der Waals surface area contributed by atoms with Crippen molar-refractivity contribution in [1.82, 2.24) is 9.78 Å². The lowest BCUT2D eigenvalue weighted by Crippen LogP contribution is -2.03. The normalized spacial score (nSPS) is 11.8. The molecule has 0 radical (unpaired) electrons. The molecule has 0 spiro atoms. The molecule has 0 aromatic carbocycles. The second kappa shape index (κ2) is 5.14. The Hall–Kier alpha value is -0.670. The van der Waals surface area contributed by atoms with Crippen LogP contribution in [0.1, 0.15) is 6.92 Å². The van der Waals surface area contributed by atoms with Crippen LogP contribution >= 0.6 is 23.2 Å². The molecule has 0 amide bonds. The maximum absolute atomic E-state index is 5.69. The van der Waals surface area contributed by atoms with Gasteiger partial charge in [-0.1, -0.05) is 23.2 Å². The maximum Gasteiger partial charge on any atom is 0.148 e. The zero-order valence-electron chi connectivity index (χ0n) is 7.30. The smallest absolute Gasteiger partial charge is 0.148 e. The van der Waals surface area contributed by atoms with Gasteiger partial charge in [0.25, 0.3) is 0 Å². The molecule has 0 saturated heterocycles. The third-order valence-electron chi connectivity index (χ3n) is 1.52. The van der Waals surface area contributed by atoms with E-state index in [1.807, 2.05) is 23.9 Å². The summed E-state index contributed by atoms with van der Waals surface area (Å²) in [4.78, 5) is 0. The van der Waals surface area contributed by atoms with E-state index in [1.54, 1.807) is 0 Å². The van der Waals surface area contributed by atoms with Gasteiger partial charge >= 0.3 is 0 Å². The van der Waals surface area contributed by atoms with Crippen molar-refractivity contribution in [3.8, 4) is 0 Å². The van der Waals surface area contributed by atoms with Crippen molar-refractivity contribution in [2.45, 2.75) is 13.5 Å². The molecule has 0 aliphatic heterocycles. The number of hydrogen-bond donors (Lipinski definition) is 1. The van der Waals surface area contributed by atoms with Crippen LogP contribution in [0.4, 0.5) is 5.82 Å². The first kappa shape index (κ1) is 10.4. The summed E-state index contributed by atoms with van der Waals surface area (Å²) in [7, 11) is 0. The van der Waals surface area contributed by atoms with Gasteiger partial charge in [0.05, 0.1) is 6.54 Å². The Labute approximate surface area is 87.3 Å². The Balaban J connectivity index is 2.45. The molecule has 13 heavy (non-hydrogen) atoms. The molecule has 0 saturated carbocycles. The van der Waals surface area contributed by atoms with Crippen LogP contribution < -0.4 is 5.32 Å². The predicted octanol–water partition coefficient (Wildman–Crippen LogP) is 2.63. The molecular weight excluding hydrogens is 209 g/mol. The molecular formula is C8H11Cl2N3. The fraction of sp³-hybridized carbons (Fsp3) is 0.375. The quantitative estimate of drug-likeness (QED) is 0.845. The number of nitrogens with zero attached hydrogens (tertiary/aromatic N) is 2. The van der Waals surface area contributed by atoms with Gasteiger partial charge in [-0.2, -0.15) is 5.10 Å². The third kappa shape index (κ3) is 3.28. The van der Waals surface area contributed by atoms with Crippen molar-refractivity contribution in [1.29, 1.82) is 0 Å². The predicted molar refractivity (Wildman–Crippen MR) is 56.2 cm³/mol. The highest BCUT2D eigenvalue weighted by atomic mass is 35.5. The molecule has 72 valence electrons. The third-order valence-corrected chi connectivity index (χ3v) is 2.14. The van der Waals surface area contributed by atoms with Gasteiger partial charge in [0.1, 0.15) is 5.82 Å². The Morgan fingerprint density at radius 3 is 3.08 bits per heavy atom. The number of hydrogen-bond acceptors (Lipinski definition) is 2. The monoisotopic (exact) mass is 219 g/mol. The van der Waals surface area contributed by atoms with Crippen LogP contribution in [0.15, 0.2) is 22.8 Å². The second-order valence-electron chi connectivity index (χ2n) is 2.47. The number of halogens is 2. The fourth-order valence-electron chi connectivity index (χ4n) is 0.846. The summed E-state index contributed by atoms with van der Waals surface area (Å²) in [6.45, 7) is 3.40. The van der Waals surface area contributed by atoms with E-state index in [-0.39, 0.29) is 0 Å². The molecule has 0 aliphatic carbocycles. The molecule has 0 bridgehead atoms. The van der Waals surface area contributed by atoms with Gasteiger partial charge in [0.15, 0.2) is 0 Å². The molecule has 1 rings (SSSR count). The maximum atomic E-state index is 5.69. The van der Waals surface area contributed by atoms with Gasteiger partial charge in [-0.05, 0) is 6.92 Å². The Bertz CT molecular complexity index is 293. The molecule has 1 aromatic rings. The van der Waals surface area contributed by atoms with Crippen LogP contribution in [0.2, 0.25) is 0 Å². The molecule has 0 unspecified atom stereocenters. The molecule has 1 heterocycles. The summed E-state index contributed by atoms with van der Waals surface area (Å²) >= 11 is 11.1. The van der Waals surface area contributed by atoms with Crippen LogP contribution in [0, 0.1) is 0 Å². The summed E-state index contributed by atoms with van der Waals surface area (Å²) in [5, 5.41) is 7.81. The molecule has 0 atom stereocenters. The standard InChI is InChI=1S/C8H11Cl2N3/c1-2-13-4-3-8(12-13)11-6-7(10)5-9/h3-5H,2,6H2,1H3,(H,11,12)/b7-5-. The highest BCUT2D eigenvalue weighted by Crippen LogP contribution is 2.06. The van der Waals surface area contributed by atoms with E-state index in [9.17, 15) is 0 Å². The van der Waals surface area contributed by atoms with Gasteiger partial charge in [-0.25, -0.2) is 0 Å². The van der Waals surface area contributed by atoms with E-state index >= 15 is 0 Å². The van der Waals surface area contributed by atoms with E-state index < -0.39 is 0 Å². The van der Waals surface area contributed by atoms with Crippen LogP contribution in [0.25, 0.3) is 0 Å². The van der Waals surface area contributed by atoms with E-state index in [2.05, 4.69) is 10.4 Å². The summed E-state index contributed by atoms with van der Waals surface area (Å²) in [6, 6.07) is 1.89. The lowest BCUT2D eigenvalue weighted by Gasteiger charge is -1.99. The number of aryl methyl sites for hydroxylation is 1. The highest BCUT2D eigenvalue weighted by molar-refractivity contribution is 6.36. The van der Waals surface area contributed by atoms with Gasteiger partial charge in [0.2, 0.25) is 0 Å². The van der Waals surface area contributed by atoms with Crippen molar-refractivity contribution in [2.24, 2.45) is 0 Å². The first-order chi connectivity index (χ1) is 6.26. The van der Waals surface area contributed by atoms with Crippen LogP contribution in [0.3, 0.4) is 0 Å². The Morgan fingerprint density at radius 2 is 2.54 bits per heavy atom. The molecule has 0 fully saturated rings. The van der Waals surface area contributed by atoms with Crippen molar-refractivity contribution >= 4 is 29.0 Å². The molecule has 3 nitrogen and oxygen atoms in total. The molecule has 5 heteroatoms. The number of anilines is 1. The van der Waals surface area contributed by atoms with E-state index in [0.29, 0.717) is 11.6 Å². The van der Waals surface area contributed by atoms with E-state index in [4.69, 9.17) is 23.2 Å². The molecule has 0 aliphatic rings. The minimum atomic E-state index is 0.506. The van der Waals surface area contributed by atoms with E-state index in [1.165, 1.54) is 5.54 Å². The zero-order valence-corrected chi connectivity index (χ0v) is 8.81. The topological polar surface area (TPSA) is 29.9 Å². The first-order valence-corrected chi connectivity index (χ1v) is 4.79. The Morgan fingerprint density at radius 1 is 1.77 bits per heavy atom. The summed E-state index contributed by atoms with van der Waals surface area (Å²) in [5.74, 6) is 0.804. The fourth-order valence-corrected chi connectivity index (χ4v) is 0.990. The molecule has 1 N–H and O–H groups in total. The van der Waals surface area contributed by atoms with Crippen molar-refractivity contribution in [2.75, 3.05) is 11.9 Å². The van der Waals surface area contributed by atoms with Gasteiger partial charge in [0, 0.05) is 29.4 Å². The summed E-state index contributed by atoms with van der Waals surface area (Å²) in [6.07, 6.45) is 1.90. The number of nitrogens with one attached hydrogen (secondary N) is 1. The first-order valence-electron chi connectivity index (χ1n) is 3.98. The zero-order chi connectivity index (χ0) is 9.68. The minimum absolute atomic E-state index is 0.506. The van der Waals surface area contributed by atoms with Gasteiger partial charge in [-0.3, -0.25) is 4.68 Å². The number of aromatic nitrogens is 2. The summed E-state index contributed by atoms with van der Waals surface area (Å²) < 4.78 is 1.83. The number of rotatable bonds is 4. The van der Waals surface area contributed by atoms with Gasteiger partial charge < -0.3 is 5.32 Å². The van der Waals surface area contributed by atoms with Crippen LogP contribution in [0.5, 0.6) is 0 Å². The summed E-state index contributed by atoms with van der Waals surface area (Å²) in [5.41, 5.74) is 1.34. The lowest BCUT2D eigenvalue weighted by atomic mass is 10.5. The lowest BCUT2D eigenvalue weighted by molar-refractivity contribution is 0.661. The van der Waals surface area contributed by atoms with Crippen molar-refractivity contribution in [3.63, 3.8) is 0 Å². The minimum Gasteiger partial charge on any atom is -0.364 e. The Kier molecular flexibility index (Phi) is 4.12. The second-order valence-corrected chi connectivity index (χ2v) is 3.17. The SMILES string of the molecule is CCn1ccc(NC/C(Cl)=C/Cl)n1. The van der Waals surface area contributed by atoms with E-state index in [0.717, 1.165) is 12.4 Å². The highest BCUT2D eigenvalue weighted by Gasteiger charge is 1.96. The molecule has 1 aromatic heterocycles. The van der Waals surface area contributed by atoms with Crippen molar-refractivity contribution < 1.29 is 0 Å². The average Bonchev–Trinajstić information content (AvgIpc) is 2.61.